The van der Waals surface area contributed by atoms with Crippen LogP contribution in [0.5, 0.6) is 5.75 Å². The van der Waals surface area contributed by atoms with Crippen LogP contribution >= 0.6 is 0 Å². The third-order valence-electron chi connectivity index (χ3n) is 4.40. The molecule has 0 aromatic heterocycles. The van der Waals surface area contributed by atoms with E-state index in [0.29, 0.717) is 5.56 Å². The Morgan fingerprint density at radius 2 is 1.43 bits per heavy atom. The molecule has 1 amide bonds. The summed E-state index contributed by atoms with van der Waals surface area (Å²) in [4.78, 5) is 12.3. The number of benzene rings is 3. The second-order valence-electron chi connectivity index (χ2n) is 6.33. The van der Waals surface area contributed by atoms with E-state index in [1.54, 1.807) is 36.4 Å². The van der Waals surface area contributed by atoms with Crippen molar-refractivity contribution in [1.82, 2.24) is 5.32 Å². The van der Waals surface area contributed by atoms with Crippen LogP contribution in [0.3, 0.4) is 0 Å². The molecule has 3 aromatic carbocycles. The lowest BCUT2D eigenvalue weighted by Crippen LogP contribution is -2.32. The largest absolute Gasteiger partial charge is 0.435 e. The highest BCUT2D eigenvalue weighted by Crippen LogP contribution is 2.25. The summed E-state index contributed by atoms with van der Waals surface area (Å²) in [6, 6.07) is 14.9. The minimum absolute atomic E-state index is 0.0359. The fraction of sp³-hybridized carbons (Fsp3) is 0.136. The maximum Gasteiger partial charge on any atom is 0.387 e. The molecule has 2 N–H and O–H groups in total. The topological polar surface area (TPSA) is 58.6 Å². The van der Waals surface area contributed by atoms with Crippen molar-refractivity contribution in [3.05, 3.63) is 89.5 Å². The van der Waals surface area contributed by atoms with Crippen molar-refractivity contribution < 1.29 is 32.2 Å². The predicted molar refractivity (Wildman–Crippen MR) is 102 cm³/mol. The van der Waals surface area contributed by atoms with E-state index in [2.05, 4.69) is 10.1 Å². The lowest BCUT2D eigenvalue weighted by atomic mass is 10.0. The first-order valence-corrected chi connectivity index (χ1v) is 8.90. The van der Waals surface area contributed by atoms with Crippen LogP contribution in [-0.4, -0.2) is 24.2 Å². The SMILES string of the molecule is O=C(NC(CO)c1ccc(-c2ccc(OC(F)F)cc2)cc1)c1c(F)cccc1F. The van der Waals surface area contributed by atoms with E-state index in [-0.39, 0.29) is 5.75 Å². The summed E-state index contributed by atoms with van der Waals surface area (Å²) >= 11 is 0. The molecule has 0 saturated heterocycles. The van der Waals surface area contributed by atoms with Gasteiger partial charge < -0.3 is 15.2 Å². The Bertz CT molecular complexity index is 988. The van der Waals surface area contributed by atoms with Gasteiger partial charge in [0.25, 0.3) is 5.91 Å². The van der Waals surface area contributed by atoms with E-state index in [1.807, 2.05) is 0 Å². The van der Waals surface area contributed by atoms with E-state index < -0.39 is 42.4 Å². The van der Waals surface area contributed by atoms with E-state index in [0.717, 1.165) is 29.3 Å². The van der Waals surface area contributed by atoms with Gasteiger partial charge >= 0.3 is 6.61 Å². The van der Waals surface area contributed by atoms with Gasteiger partial charge in [-0.3, -0.25) is 4.79 Å². The number of rotatable bonds is 7. The average molecular weight is 419 g/mol. The van der Waals surface area contributed by atoms with Crippen molar-refractivity contribution in [3.63, 3.8) is 0 Å². The summed E-state index contributed by atoms with van der Waals surface area (Å²) in [5.74, 6) is -2.95. The molecular formula is C22H17F4NO3. The van der Waals surface area contributed by atoms with Gasteiger partial charge in [0.05, 0.1) is 12.6 Å². The number of alkyl halides is 2. The number of aliphatic hydroxyl groups is 1. The summed E-state index contributed by atoms with van der Waals surface area (Å²) in [6.45, 7) is -3.39. The van der Waals surface area contributed by atoms with Crippen LogP contribution in [0.4, 0.5) is 17.6 Å². The molecule has 8 heteroatoms. The summed E-state index contributed by atoms with van der Waals surface area (Å²) in [7, 11) is 0. The van der Waals surface area contributed by atoms with Crippen LogP contribution in [-0.2, 0) is 0 Å². The number of ether oxygens (including phenoxy) is 1. The minimum Gasteiger partial charge on any atom is -0.435 e. The molecule has 1 atom stereocenters. The second kappa shape index (κ2) is 9.41. The first-order chi connectivity index (χ1) is 14.4. The van der Waals surface area contributed by atoms with Crippen molar-refractivity contribution in [1.29, 1.82) is 0 Å². The van der Waals surface area contributed by atoms with Crippen LogP contribution in [0, 0.1) is 11.6 Å². The molecule has 0 aliphatic heterocycles. The number of halogens is 4. The van der Waals surface area contributed by atoms with Gasteiger partial charge in [-0.05, 0) is 41.0 Å². The third-order valence-corrected chi connectivity index (χ3v) is 4.40. The highest BCUT2D eigenvalue weighted by Gasteiger charge is 2.21. The van der Waals surface area contributed by atoms with E-state index >= 15 is 0 Å². The molecule has 0 fully saturated rings. The molecule has 30 heavy (non-hydrogen) atoms. The maximum absolute atomic E-state index is 13.8. The zero-order chi connectivity index (χ0) is 21.7. The van der Waals surface area contributed by atoms with Gasteiger partial charge in [0, 0.05) is 0 Å². The van der Waals surface area contributed by atoms with Crippen LogP contribution in [0.25, 0.3) is 11.1 Å². The number of aliphatic hydroxyl groups excluding tert-OH is 1. The Hall–Kier alpha value is -3.39. The molecule has 0 saturated carbocycles. The number of hydrogen-bond donors (Lipinski definition) is 2. The van der Waals surface area contributed by atoms with Crippen molar-refractivity contribution in [2.24, 2.45) is 0 Å². The van der Waals surface area contributed by atoms with Gasteiger partial charge in [0.15, 0.2) is 0 Å². The fourth-order valence-electron chi connectivity index (χ4n) is 2.92. The van der Waals surface area contributed by atoms with Crippen molar-refractivity contribution in [2.45, 2.75) is 12.7 Å². The standard InChI is InChI=1S/C22H17F4NO3/c23-17-2-1-3-18(24)20(17)21(29)27-19(12-28)15-6-4-13(5-7-15)14-8-10-16(11-9-14)30-22(25)26/h1-11,19,22,28H,12H2,(H,27,29). The number of amides is 1. The Labute approximate surface area is 169 Å². The quantitative estimate of drug-likeness (QED) is 0.546. The molecular weight excluding hydrogens is 402 g/mol. The number of carbonyl (C=O) groups excluding carboxylic acids is 1. The van der Waals surface area contributed by atoms with Crippen molar-refractivity contribution >= 4 is 5.91 Å². The molecule has 0 aliphatic rings. The van der Waals surface area contributed by atoms with E-state index in [1.165, 1.54) is 12.1 Å². The Balaban J connectivity index is 1.74. The van der Waals surface area contributed by atoms with Crippen LogP contribution < -0.4 is 10.1 Å². The minimum atomic E-state index is -2.90. The molecule has 156 valence electrons. The van der Waals surface area contributed by atoms with Gasteiger partial charge in [-0.15, -0.1) is 0 Å². The van der Waals surface area contributed by atoms with E-state index in [4.69, 9.17) is 0 Å². The summed E-state index contributed by atoms with van der Waals surface area (Å²) in [6.07, 6.45) is 0. The molecule has 3 rings (SSSR count). The van der Waals surface area contributed by atoms with Gasteiger partial charge in [0.1, 0.15) is 22.9 Å². The lowest BCUT2D eigenvalue weighted by Gasteiger charge is -2.18. The summed E-state index contributed by atoms with van der Waals surface area (Å²) < 4.78 is 56.3. The molecule has 4 nitrogen and oxygen atoms in total. The molecule has 0 radical (unpaired) electrons. The zero-order valence-electron chi connectivity index (χ0n) is 15.5. The lowest BCUT2D eigenvalue weighted by molar-refractivity contribution is -0.0498. The molecule has 1 unspecified atom stereocenters. The van der Waals surface area contributed by atoms with Crippen molar-refractivity contribution in [2.75, 3.05) is 6.61 Å². The Morgan fingerprint density at radius 1 is 0.900 bits per heavy atom. The molecule has 0 heterocycles. The first kappa shape index (κ1) is 21.3. The average Bonchev–Trinajstić information content (AvgIpc) is 2.72. The van der Waals surface area contributed by atoms with Gasteiger partial charge in [-0.25, -0.2) is 8.78 Å². The van der Waals surface area contributed by atoms with Crippen LogP contribution in [0.15, 0.2) is 66.7 Å². The van der Waals surface area contributed by atoms with Gasteiger partial charge in [-0.2, -0.15) is 8.78 Å². The molecule has 0 aliphatic carbocycles. The van der Waals surface area contributed by atoms with Crippen molar-refractivity contribution in [3.8, 4) is 16.9 Å². The zero-order valence-corrected chi connectivity index (χ0v) is 15.5. The normalized spacial score (nSPS) is 11.9. The predicted octanol–water partition coefficient (Wildman–Crippen LogP) is 4.70. The third kappa shape index (κ3) is 4.96. The van der Waals surface area contributed by atoms with Gasteiger partial charge in [0.2, 0.25) is 0 Å². The summed E-state index contributed by atoms with van der Waals surface area (Å²) in [5, 5.41) is 12.0. The molecule has 3 aromatic rings. The Morgan fingerprint density at radius 3 is 1.93 bits per heavy atom. The number of nitrogens with one attached hydrogen (secondary N) is 1. The number of carbonyl (C=O) groups is 1. The second-order valence-corrected chi connectivity index (χ2v) is 6.33. The highest BCUT2D eigenvalue weighted by molar-refractivity contribution is 5.95. The van der Waals surface area contributed by atoms with Crippen LogP contribution in [0.1, 0.15) is 22.0 Å². The maximum atomic E-state index is 13.8. The summed E-state index contributed by atoms with van der Waals surface area (Å²) in [5.41, 5.74) is 1.29. The smallest absolute Gasteiger partial charge is 0.387 e. The Kier molecular flexibility index (Phi) is 6.68. The van der Waals surface area contributed by atoms with Crippen LogP contribution in [0.2, 0.25) is 0 Å². The van der Waals surface area contributed by atoms with Gasteiger partial charge in [-0.1, -0.05) is 42.5 Å². The molecule has 0 spiro atoms. The van der Waals surface area contributed by atoms with E-state index in [9.17, 15) is 27.5 Å². The molecule has 0 bridgehead atoms. The number of hydrogen-bond acceptors (Lipinski definition) is 3. The monoisotopic (exact) mass is 419 g/mol. The first-order valence-electron chi connectivity index (χ1n) is 8.90. The fourth-order valence-corrected chi connectivity index (χ4v) is 2.92. The highest BCUT2D eigenvalue weighted by atomic mass is 19.3.